The summed E-state index contributed by atoms with van der Waals surface area (Å²) in [4.78, 5) is 23.1. The number of carbonyl (C=O) groups excluding carboxylic acids is 2. The van der Waals surface area contributed by atoms with Crippen molar-refractivity contribution in [1.82, 2.24) is 15.5 Å². The number of H-pyrrole nitrogens is 1. The van der Waals surface area contributed by atoms with Gasteiger partial charge in [-0.2, -0.15) is 5.10 Å². The number of hydrogen-bond acceptors (Lipinski definition) is 3. The Morgan fingerprint density at radius 3 is 2.33 bits per heavy atom. The Balaban J connectivity index is 2.77. The molecule has 0 bridgehead atoms. The van der Waals surface area contributed by atoms with Crippen molar-refractivity contribution in [1.29, 1.82) is 0 Å². The molecule has 6 heteroatoms. The fourth-order valence-corrected chi connectivity index (χ4v) is 1.53. The highest BCUT2D eigenvalue weighted by Gasteiger charge is 2.23. The molecule has 0 aromatic carbocycles. The molecule has 6 nitrogen and oxygen atoms in total. The first-order valence-electron chi connectivity index (χ1n) is 5.98. The number of rotatable bonds is 5. The third-order valence-electron chi connectivity index (χ3n) is 2.71. The van der Waals surface area contributed by atoms with Crippen LogP contribution in [0.25, 0.3) is 0 Å². The molecule has 2 amide bonds. The second-order valence-electron chi connectivity index (χ2n) is 4.96. The zero-order valence-corrected chi connectivity index (χ0v) is 11.2. The van der Waals surface area contributed by atoms with Crippen LogP contribution in [0.3, 0.4) is 0 Å². The maximum absolute atomic E-state index is 11.9. The number of aromatic amines is 1. The zero-order chi connectivity index (χ0) is 13.9. The van der Waals surface area contributed by atoms with Crippen LogP contribution in [-0.4, -0.2) is 28.1 Å². The van der Waals surface area contributed by atoms with Gasteiger partial charge in [0.2, 0.25) is 5.91 Å². The van der Waals surface area contributed by atoms with Gasteiger partial charge in [-0.3, -0.25) is 14.7 Å². The summed E-state index contributed by atoms with van der Waals surface area (Å²) in [5.41, 5.74) is 6.38. The van der Waals surface area contributed by atoms with Gasteiger partial charge in [0.25, 0.3) is 5.91 Å². The van der Waals surface area contributed by atoms with E-state index in [1.807, 2.05) is 27.7 Å². The Kier molecular flexibility index (Phi) is 4.47. The van der Waals surface area contributed by atoms with Crippen molar-refractivity contribution in [2.75, 3.05) is 0 Å². The highest BCUT2D eigenvalue weighted by Crippen LogP contribution is 2.12. The maximum Gasteiger partial charge on any atom is 0.272 e. The lowest BCUT2D eigenvalue weighted by Gasteiger charge is -2.17. The summed E-state index contributed by atoms with van der Waals surface area (Å²) in [5.74, 6) is -0.736. The predicted molar refractivity (Wildman–Crippen MR) is 68.0 cm³/mol. The van der Waals surface area contributed by atoms with Crippen molar-refractivity contribution in [2.24, 2.45) is 11.7 Å². The van der Waals surface area contributed by atoms with Crippen LogP contribution in [0.15, 0.2) is 6.07 Å². The number of nitrogens with two attached hydrogens (primary N) is 1. The summed E-state index contributed by atoms with van der Waals surface area (Å²) in [5, 5.41) is 9.30. The van der Waals surface area contributed by atoms with Crippen LogP contribution >= 0.6 is 0 Å². The molecular formula is C12H20N4O2. The molecule has 4 N–H and O–H groups in total. The summed E-state index contributed by atoms with van der Waals surface area (Å²) in [7, 11) is 0. The lowest BCUT2D eigenvalue weighted by molar-refractivity contribution is -0.120. The molecule has 0 spiro atoms. The fourth-order valence-electron chi connectivity index (χ4n) is 1.53. The average molecular weight is 252 g/mol. The van der Waals surface area contributed by atoms with E-state index in [0.29, 0.717) is 0 Å². The van der Waals surface area contributed by atoms with E-state index in [2.05, 4.69) is 15.5 Å². The van der Waals surface area contributed by atoms with Crippen molar-refractivity contribution in [3.8, 4) is 0 Å². The lowest BCUT2D eigenvalue weighted by atomic mass is 10.0. The molecular weight excluding hydrogens is 232 g/mol. The number of amides is 2. The molecule has 0 saturated carbocycles. The van der Waals surface area contributed by atoms with Gasteiger partial charge in [0.05, 0.1) is 0 Å². The minimum atomic E-state index is -0.684. The molecule has 1 unspecified atom stereocenters. The molecule has 0 aliphatic heterocycles. The first-order chi connectivity index (χ1) is 8.32. The van der Waals surface area contributed by atoms with Crippen molar-refractivity contribution < 1.29 is 9.59 Å². The molecule has 1 atom stereocenters. The van der Waals surface area contributed by atoms with Crippen LogP contribution in [0.5, 0.6) is 0 Å². The van der Waals surface area contributed by atoms with E-state index in [1.165, 1.54) is 0 Å². The molecule has 1 aromatic rings. The van der Waals surface area contributed by atoms with E-state index in [0.717, 1.165) is 5.69 Å². The summed E-state index contributed by atoms with van der Waals surface area (Å²) < 4.78 is 0. The van der Waals surface area contributed by atoms with Crippen LogP contribution in [0.4, 0.5) is 0 Å². The van der Waals surface area contributed by atoms with Crippen molar-refractivity contribution in [2.45, 2.75) is 39.7 Å². The molecule has 1 heterocycles. The molecule has 1 aromatic heterocycles. The van der Waals surface area contributed by atoms with Crippen LogP contribution in [0, 0.1) is 5.92 Å². The number of aromatic nitrogens is 2. The molecule has 18 heavy (non-hydrogen) atoms. The van der Waals surface area contributed by atoms with Crippen LogP contribution in [-0.2, 0) is 4.79 Å². The monoisotopic (exact) mass is 252 g/mol. The molecule has 0 saturated heterocycles. The average Bonchev–Trinajstić information content (AvgIpc) is 2.73. The van der Waals surface area contributed by atoms with E-state index in [9.17, 15) is 9.59 Å². The first kappa shape index (κ1) is 14.2. The highest BCUT2D eigenvalue weighted by molar-refractivity contribution is 5.95. The Morgan fingerprint density at radius 2 is 1.94 bits per heavy atom. The van der Waals surface area contributed by atoms with Crippen molar-refractivity contribution in [3.63, 3.8) is 0 Å². The standard InChI is InChI=1S/C12H20N4O2/c1-6(2)8-5-9(16-15-8)12(18)14-10(7(3)4)11(13)17/h5-7,10H,1-4H3,(H2,13,17)(H,14,18)(H,15,16). The van der Waals surface area contributed by atoms with Crippen LogP contribution in [0.1, 0.15) is 49.8 Å². The first-order valence-corrected chi connectivity index (χ1v) is 5.98. The van der Waals surface area contributed by atoms with Gasteiger partial charge in [-0.1, -0.05) is 27.7 Å². The quantitative estimate of drug-likeness (QED) is 0.721. The van der Waals surface area contributed by atoms with E-state index < -0.39 is 17.9 Å². The number of hydrogen-bond donors (Lipinski definition) is 3. The normalized spacial score (nSPS) is 12.8. The molecule has 0 radical (unpaired) electrons. The maximum atomic E-state index is 11.9. The van der Waals surface area contributed by atoms with Gasteiger partial charge in [-0.25, -0.2) is 0 Å². The summed E-state index contributed by atoms with van der Waals surface area (Å²) in [6.07, 6.45) is 0. The van der Waals surface area contributed by atoms with Gasteiger partial charge in [0, 0.05) is 5.69 Å². The molecule has 1 rings (SSSR count). The highest BCUT2D eigenvalue weighted by atomic mass is 16.2. The van der Waals surface area contributed by atoms with Gasteiger partial charge in [0.15, 0.2) is 0 Å². The predicted octanol–water partition coefficient (Wildman–Crippen LogP) is 0.773. The third-order valence-corrected chi connectivity index (χ3v) is 2.71. The number of nitrogens with zero attached hydrogens (tertiary/aromatic N) is 1. The summed E-state index contributed by atoms with van der Waals surface area (Å²) in [6, 6.07) is 0.995. The Morgan fingerprint density at radius 1 is 1.33 bits per heavy atom. The van der Waals surface area contributed by atoms with E-state index in [-0.39, 0.29) is 17.5 Å². The van der Waals surface area contributed by atoms with Gasteiger partial charge >= 0.3 is 0 Å². The van der Waals surface area contributed by atoms with E-state index in [1.54, 1.807) is 6.07 Å². The Hall–Kier alpha value is -1.85. The van der Waals surface area contributed by atoms with E-state index >= 15 is 0 Å². The molecule has 0 aliphatic carbocycles. The minimum Gasteiger partial charge on any atom is -0.368 e. The largest absolute Gasteiger partial charge is 0.368 e. The smallest absolute Gasteiger partial charge is 0.272 e. The second kappa shape index (κ2) is 5.66. The van der Waals surface area contributed by atoms with Gasteiger partial charge < -0.3 is 11.1 Å². The van der Waals surface area contributed by atoms with Crippen LogP contribution in [0.2, 0.25) is 0 Å². The minimum absolute atomic E-state index is 0.0602. The zero-order valence-electron chi connectivity index (χ0n) is 11.2. The Bertz CT molecular complexity index is 437. The topological polar surface area (TPSA) is 101 Å². The number of nitrogens with one attached hydrogen (secondary N) is 2. The van der Waals surface area contributed by atoms with E-state index in [4.69, 9.17) is 5.73 Å². The second-order valence-corrected chi connectivity index (χ2v) is 4.96. The van der Waals surface area contributed by atoms with Gasteiger partial charge in [0.1, 0.15) is 11.7 Å². The number of primary amides is 1. The van der Waals surface area contributed by atoms with Gasteiger partial charge in [-0.15, -0.1) is 0 Å². The van der Waals surface area contributed by atoms with Gasteiger partial charge in [-0.05, 0) is 17.9 Å². The van der Waals surface area contributed by atoms with Crippen LogP contribution < -0.4 is 11.1 Å². The summed E-state index contributed by atoms with van der Waals surface area (Å²) in [6.45, 7) is 7.63. The summed E-state index contributed by atoms with van der Waals surface area (Å²) >= 11 is 0. The van der Waals surface area contributed by atoms with Crippen molar-refractivity contribution >= 4 is 11.8 Å². The molecule has 100 valence electrons. The molecule has 0 fully saturated rings. The molecule has 0 aliphatic rings. The SMILES string of the molecule is CC(C)c1cc(C(=O)NC(C(N)=O)C(C)C)n[nH]1. The number of carbonyl (C=O) groups is 2. The third kappa shape index (κ3) is 3.32. The Labute approximate surface area is 106 Å². The van der Waals surface area contributed by atoms with Crippen molar-refractivity contribution in [3.05, 3.63) is 17.5 Å². The fraction of sp³-hybridized carbons (Fsp3) is 0.583. The lowest BCUT2D eigenvalue weighted by Crippen LogP contribution is -2.47.